The van der Waals surface area contributed by atoms with E-state index in [2.05, 4.69) is 4.72 Å². The largest absolute Gasteiger partial charge is 0.329 e. The lowest BCUT2D eigenvalue weighted by atomic mass is 10.2. The van der Waals surface area contributed by atoms with Crippen LogP contribution in [0.1, 0.15) is 12.0 Å². The molecule has 6 heteroatoms. The predicted molar refractivity (Wildman–Crippen MR) is 68.0 cm³/mol. The fourth-order valence-electron chi connectivity index (χ4n) is 1.30. The Labute approximate surface area is 102 Å². The monoisotopic (exact) mass is 257 g/mol. The van der Waals surface area contributed by atoms with Crippen LogP contribution in [-0.2, 0) is 10.0 Å². The lowest BCUT2D eigenvalue weighted by Crippen LogP contribution is -2.34. The summed E-state index contributed by atoms with van der Waals surface area (Å²) in [5.74, 6) is 0. The minimum absolute atomic E-state index is 0.171. The summed E-state index contributed by atoms with van der Waals surface area (Å²) in [5, 5.41) is 0. The van der Waals surface area contributed by atoms with Crippen LogP contribution in [0.5, 0.6) is 0 Å². The van der Waals surface area contributed by atoms with Crippen LogP contribution < -0.4 is 16.2 Å². The Morgan fingerprint density at radius 3 is 2.41 bits per heavy atom. The molecule has 0 radical (unpaired) electrons. The average Bonchev–Trinajstić information content (AvgIpc) is 2.29. The normalized spacial score (nSPS) is 13.6. The van der Waals surface area contributed by atoms with Gasteiger partial charge in [0, 0.05) is 19.1 Å². The van der Waals surface area contributed by atoms with Crippen LogP contribution in [0.2, 0.25) is 0 Å². The molecule has 0 spiro atoms. The van der Waals surface area contributed by atoms with Gasteiger partial charge in [-0.15, -0.1) is 0 Å². The smallest absolute Gasteiger partial charge is 0.240 e. The summed E-state index contributed by atoms with van der Waals surface area (Å²) in [4.78, 5) is 0.268. The number of hydrogen-bond acceptors (Lipinski definition) is 4. The highest BCUT2D eigenvalue weighted by Crippen LogP contribution is 2.09. The van der Waals surface area contributed by atoms with Crippen LogP contribution >= 0.6 is 0 Å². The van der Waals surface area contributed by atoms with Crippen LogP contribution in [-0.4, -0.2) is 27.5 Å². The van der Waals surface area contributed by atoms with E-state index in [-0.39, 0.29) is 10.9 Å². The fraction of sp³-hybridized carbons (Fsp3) is 0.455. The van der Waals surface area contributed by atoms with Crippen molar-refractivity contribution in [3.8, 4) is 0 Å². The SMILES string of the molecule is Cc1ccc(S(=O)(=O)NCC[C@@H](N)CN)cc1. The highest BCUT2D eigenvalue weighted by atomic mass is 32.2. The highest BCUT2D eigenvalue weighted by Gasteiger charge is 2.13. The van der Waals surface area contributed by atoms with Crippen molar-refractivity contribution in [3.05, 3.63) is 29.8 Å². The standard InChI is InChI=1S/C11H19N3O2S/c1-9-2-4-11(5-3-9)17(15,16)14-7-6-10(13)8-12/h2-5,10,14H,6-8,12-13H2,1H3/t10-/m1/s1. The number of nitrogens with one attached hydrogen (secondary N) is 1. The van der Waals surface area contributed by atoms with Gasteiger partial charge in [0.15, 0.2) is 0 Å². The lowest BCUT2D eigenvalue weighted by molar-refractivity contribution is 0.565. The molecule has 0 aliphatic carbocycles. The van der Waals surface area contributed by atoms with E-state index >= 15 is 0 Å². The Kier molecular flexibility index (Phi) is 5.07. The van der Waals surface area contributed by atoms with Gasteiger partial charge in [-0.2, -0.15) is 0 Å². The van der Waals surface area contributed by atoms with E-state index in [0.29, 0.717) is 19.5 Å². The van der Waals surface area contributed by atoms with E-state index in [1.807, 2.05) is 6.92 Å². The Morgan fingerprint density at radius 1 is 1.29 bits per heavy atom. The molecular weight excluding hydrogens is 238 g/mol. The Bertz CT molecular complexity index is 442. The van der Waals surface area contributed by atoms with Gasteiger partial charge >= 0.3 is 0 Å². The van der Waals surface area contributed by atoms with Gasteiger partial charge in [-0.05, 0) is 25.5 Å². The second-order valence-electron chi connectivity index (χ2n) is 4.00. The molecule has 0 saturated carbocycles. The van der Waals surface area contributed by atoms with Gasteiger partial charge in [-0.1, -0.05) is 17.7 Å². The molecule has 5 N–H and O–H groups in total. The summed E-state index contributed by atoms with van der Waals surface area (Å²) in [6.07, 6.45) is 0.529. The zero-order chi connectivity index (χ0) is 12.9. The van der Waals surface area contributed by atoms with Crippen molar-refractivity contribution in [3.63, 3.8) is 0 Å². The summed E-state index contributed by atoms with van der Waals surface area (Å²) < 4.78 is 26.2. The van der Waals surface area contributed by atoms with Gasteiger partial charge in [-0.25, -0.2) is 13.1 Å². The third-order valence-corrected chi connectivity index (χ3v) is 3.92. The number of sulfonamides is 1. The average molecular weight is 257 g/mol. The van der Waals surface area contributed by atoms with Crippen molar-refractivity contribution in [1.29, 1.82) is 0 Å². The van der Waals surface area contributed by atoms with Crippen molar-refractivity contribution < 1.29 is 8.42 Å². The minimum Gasteiger partial charge on any atom is -0.329 e. The molecule has 0 aliphatic heterocycles. The molecule has 0 unspecified atom stereocenters. The van der Waals surface area contributed by atoms with E-state index in [1.165, 1.54) is 0 Å². The van der Waals surface area contributed by atoms with Gasteiger partial charge in [0.2, 0.25) is 10.0 Å². The van der Waals surface area contributed by atoms with Crippen molar-refractivity contribution in [2.24, 2.45) is 11.5 Å². The Balaban J connectivity index is 2.60. The molecule has 0 aromatic heterocycles. The van der Waals surface area contributed by atoms with E-state index in [0.717, 1.165) is 5.56 Å². The van der Waals surface area contributed by atoms with E-state index < -0.39 is 10.0 Å². The second kappa shape index (κ2) is 6.11. The van der Waals surface area contributed by atoms with Gasteiger partial charge in [0.25, 0.3) is 0 Å². The molecule has 17 heavy (non-hydrogen) atoms. The first kappa shape index (κ1) is 14.1. The van der Waals surface area contributed by atoms with Crippen LogP contribution in [0.3, 0.4) is 0 Å². The van der Waals surface area contributed by atoms with E-state index in [4.69, 9.17) is 11.5 Å². The van der Waals surface area contributed by atoms with Crippen LogP contribution in [0.4, 0.5) is 0 Å². The molecular formula is C11H19N3O2S. The minimum atomic E-state index is -3.43. The van der Waals surface area contributed by atoms with Crippen LogP contribution in [0.15, 0.2) is 29.2 Å². The molecule has 1 aromatic rings. The summed E-state index contributed by atoms with van der Waals surface area (Å²) in [6.45, 7) is 2.56. The Morgan fingerprint density at radius 2 is 1.88 bits per heavy atom. The third-order valence-electron chi connectivity index (χ3n) is 2.44. The van der Waals surface area contributed by atoms with Gasteiger partial charge < -0.3 is 11.5 Å². The van der Waals surface area contributed by atoms with E-state index in [9.17, 15) is 8.42 Å². The Hall–Kier alpha value is -0.950. The molecule has 0 bridgehead atoms. The number of hydrogen-bond donors (Lipinski definition) is 3. The topological polar surface area (TPSA) is 98.2 Å². The molecule has 0 heterocycles. The van der Waals surface area contributed by atoms with Gasteiger partial charge in [-0.3, -0.25) is 0 Å². The summed E-state index contributed by atoms with van der Waals surface area (Å²) >= 11 is 0. The summed E-state index contributed by atoms with van der Waals surface area (Å²) in [7, 11) is -3.43. The maximum Gasteiger partial charge on any atom is 0.240 e. The molecule has 0 amide bonds. The first-order chi connectivity index (χ1) is 7.95. The van der Waals surface area contributed by atoms with Crippen molar-refractivity contribution >= 4 is 10.0 Å². The molecule has 1 aromatic carbocycles. The molecule has 0 fully saturated rings. The quantitative estimate of drug-likeness (QED) is 0.665. The highest BCUT2D eigenvalue weighted by molar-refractivity contribution is 7.89. The van der Waals surface area contributed by atoms with Crippen LogP contribution in [0.25, 0.3) is 0 Å². The first-order valence-electron chi connectivity index (χ1n) is 5.47. The number of aryl methyl sites for hydroxylation is 1. The number of benzene rings is 1. The molecule has 96 valence electrons. The zero-order valence-electron chi connectivity index (χ0n) is 9.89. The molecule has 1 rings (SSSR count). The number of rotatable bonds is 6. The molecule has 5 nitrogen and oxygen atoms in total. The summed E-state index contributed by atoms with van der Waals surface area (Å²) in [5.41, 5.74) is 12.0. The van der Waals surface area contributed by atoms with Crippen LogP contribution in [0, 0.1) is 6.92 Å². The maximum absolute atomic E-state index is 11.8. The fourth-order valence-corrected chi connectivity index (χ4v) is 2.34. The van der Waals surface area contributed by atoms with Crippen molar-refractivity contribution in [2.75, 3.05) is 13.1 Å². The van der Waals surface area contributed by atoms with Crippen molar-refractivity contribution in [2.45, 2.75) is 24.3 Å². The predicted octanol–water partition coefficient (Wildman–Crippen LogP) is -0.0506. The lowest BCUT2D eigenvalue weighted by Gasteiger charge is -2.10. The van der Waals surface area contributed by atoms with Crippen molar-refractivity contribution in [1.82, 2.24) is 4.72 Å². The maximum atomic E-state index is 11.8. The molecule has 0 aliphatic rings. The first-order valence-corrected chi connectivity index (χ1v) is 6.96. The van der Waals surface area contributed by atoms with Gasteiger partial charge in [0.05, 0.1) is 4.90 Å². The second-order valence-corrected chi connectivity index (χ2v) is 5.76. The zero-order valence-corrected chi connectivity index (χ0v) is 10.7. The molecule has 0 saturated heterocycles. The van der Waals surface area contributed by atoms with E-state index in [1.54, 1.807) is 24.3 Å². The molecule has 1 atom stereocenters. The number of nitrogens with two attached hydrogens (primary N) is 2. The summed E-state index contributed by atoms with van der Waals surface area (Å²) in [6, 6.07) is 6.53. The van der Waals surface area contributed by atoms with Gasteiger partial charge in [0.1, 0.15) is 0 Å². The third kappa shape index (κ3) is 4.43.